The van der Waals surface area contributed by atoms with Gasteiger partial charge in [0.1, 0.15) is 12.1 Å². The molecule has 1 aliphatic carbocycles. The number of ether oxygens (including phenoxy) is 2. The van der Waals surface area contributed by atoms with Crippen molar-refractivity contribution in [3.63, 3.8) is 0 Å². The second-order valence-corrected chi connectivity index (χ2v) is 8.46. The second-order valence-electron chi connectivity index (χ2n) is 8.46. The first kappa shape index (κ1) is 28.2. The summed E-state index contributed by atoms with van der Waals surface area (Å²) in [5.74, 6) is -3.15. The zero-order valence-corrected chi connectivity index (χ0v) is 21.3. The van der Waals surface area contributed by atoms with E-state index in [-0.39, 0.29) is 46.7 Å². The van der Waals surface area contributed by atoms with Crippen LogP contribution in [-0.4, -0.2) is 74.7 Å². The first-order chi connectivity index (χ1) is 18.1. The van der Waals surface area contributed by atoms with Crippen LogP contribution in [0.2, 0.25) is 0 Å². The molecule has 12 nitrogen and oxygen atoms in total. The molecular weight excluding hydrogens is 496 g/mol. The minimum Gasteiger partial charge on any atom is -0.468 e. The van der Waals surface area contributed by atoms with E-state index in [1.807, 2.05) is 0 Å². The number of amides is 2. The fourth-order valence-electron chi connectivity index (χ4n) is 3.85. The Labute approximate surface area is 218 Å². The van der Waals surface area contributed by atoms with Crippen LogP contribution in [-0.2, 0) is 28.7 Å². The summed E-state index contributed by atoms with van der Waals surface area (Å²) in [6.45, 7) is 2.60. The average molecular weight is 525 g/mol. The van der Waals surface area contributed by atoms with E-state index in [0.29, 0.717) is 0 Å². The molecule has 0 saturated carbocycles. The van der Waals surface area contributed by atoms with Crippen molar-refractivity contribution in [2.24, 2.45) is 0 Å². The van der Waals surface area contributed by atoms with E-state index in [0.717, 1.165) is 0 Å². The van der Waals surface area contributed by atoms with Crippen molar-refractivity contribution in [3.05, 3.63) is 58.7 Å². The van der Waals surface area contributed by atoms with Crippen molar-refractivity contribution in [1.29, 1.82) is 0 Å². The van der Waals surface area contributed by atoms with E-state index < -0.39 is 47.4 Å². The zero-order valence-electron chi connectivity index (χ0n) is 21.3. The molecule has 3 rings (SSSR count). The predicted octanol–water partition coefficient (Wildman–Crippen LogP) is 0.641. The Bertz CT molecular complexity index is 1210. The van der Waals surface area contributed by atoms with E-state index in [2.05, 4.69) is 30.7 Å². The fraction of sp³-hybridized carbons (Fsp3) is 0.308. The predicted molar refractivity (Wildman–Crippen MR) is 136 cm³/mol. The largest absolute Gasteiger partial charge is 0.468 e. The third kappa shape index (κ3) is 6.10. The van der Waals surface area contributed by atoms with Crippen LogP contribution in [0.15, 0.2) is 36.4 Å². The fourth-order valence-corrected chi connectivity index (χ4v) is 3.85. The molecular formula is C26H28N4O8. The number of benzene rings is 2. The number of hydrogen-bond donors (Lipinski definition) is 4. The van der Waals surface area contributed by atoms with E-state index in [9.17, 15) is 28.8 Å². The van der Waals surface area contributed by atoms with Crippen LogP contribution >= 0.6 is 0 Å². The van der Waals surface area contributed by atoms with Crippen LogP contribution in [0.3, 0.4) is 0 Å². The normalized spacial score (nSPS) is 13.5. The van der Waals surface area contributed by atoms with Crippen molar-refractivity contribution in [1.82, 2.24) is 10.6 Å². The molecule has 0 saturated heterocycles. The van der Waals surface area contributed by atoms with Gasteiger partial charge in [-0.2, -0.15) is 0 Å². The molecule has 2 aromatic carbocycles. The minimum atomic E-state index is -0.724. The van der Waals surface area contributed by atoms with Crippen LogP contribution in [0.25, 0.3) is 0 Å². The van der Waals surface area contributed by atoms with Gasteiger partial charge in [0.15, 0.2) is 11.6 Å². The van der Waals surface area contributed by atoms with Crippen molar-refractivity contribution >= 4 is 46.7 Å². The highest BCUT2D eigenvalue weighted by molar-refractivity contribution is 6.32. The summed E-state index contributed by atoms with van der Waals surface area (Å²) < 4.78 is 9.21. The number of hydrogen-bond acceptors (Lipinski definition) is 10. The summed E-state index contributed by atoms with van der Waals surface area (Å²) in [5, 5.41) is 10.6. The standard InChI is InChI=1S/C26H28N4O8/c1-13(25(35)37-3)27-11-19(31)29-17-9-5-7-15-21(17)23(33)16-8-6-10-18(22(16)24(15)34)30-20(32)12-28-14(2)26(36)38-4/h5-10,13-14,27-28H,11-12H2,1-4H3,(H,29,31)(H,30,32)/t13-,14-/m1/s1. The van der Waals surface area contributed by atoms with Crippen molar-refractivity contribution < 1.29 is 38.2 Å². The molecule has 2 amide bonds. The summed E-state index contributed by atoms with van der Waals surface area (Å²) in [5.41, 5.74) is 0.456. The number of fused-ring (bicyclic) bond motifs is 2. The molecule has 4 N–H and O–H groups in total. The molecule has 38 heavy (non-hydrogen) atoms. The molecule has 2 aromatic rings. The molecule has 0 aromatic heterocycles. The zero-order chi connectivity index (χ0) is 28.0. The SMILES string of the molecule is COC(=O)[C@@H](C)NCC(=O)Nc1cccc2c1C(=O)c1cccc(NC(=O)CN[C@H](C)C(=O)OC)c1C2=O. The van der Waals surface area contributed by atoms with Crippen LogP contribution in [0, 0.1) is 0 Å². The van der Waals surface area contributed by atoms with Gasteiger partial charge in [0.2, 0.25) is 11.8 Å². The molecule has 0 fully saturated rings. The monoisotopic (exact) mass is 524 g/mol. The number of rotatable bonds is 10. The summed E-state index contributed by atoms with van der Waals surface area (Å²) in [6.07, 6.45) is 0. The smallest absolute Gasteiger partial charge is 0.322 e. The lowest BCUT2D eigenvalue weighted by molar-refractivity contribution is -0.143. The first-order valence-corrected chi connectivity index (χ1v) is 11.7. The highest BCUT2D eigenvalue weighted by Gasteiger charge is 2.34. The van der Waals surface area contributed by atoms with Gasteiger partial charge < -0.3 is 20.1 Å². The summed E-state index contributed by atoms with van der Waals surface area (Å²) in [4.78, 5) is 74.9. The maximum absolute atomic E-state index is 13.5. The number of anilines is 2. The lowest BCUT2D eigenvalue weighted by Gasteiger charge is -2.23. The van der Waals surface area contributed by atoms with Gasteiger partial charge in [0.25, 0.3) is 0 Å². The Hall–Kier alpha value is -4.42. The Balaban J connectivity index is 1.80. The summed E-state index contributed by atoms with van der Waals surface area (Å²) in [6, 6.07) is 7.51. The van der Waals surface area contributed by atoms with Gasteiger partial charge in [0, 0.05) is 11.1 Å². The van der Waals surface area contributed by atoms with Gasteiger partial charge in [-0.3, -0.25) is 39.4 Å². The average Bonchev–Trinajstić information content (AvgIpc) is 2.92. The molecule has 200 valence electrons. The van der Waals surface area contributed by atoms with Crippen LogP contribution < -0.4 is 21.3 Å². The van der Waals surface area contributed by atoms with E-state index in [4.69, 9.17) is 0 Å². The number of carbonyl (C=O) groups is 6. The third-order valence-electron chi connectivity index (χ3n) is 5.87. The molecule has 12 heteroatoms. The second kappa shape index (κ2) is 12.2. The molecule has 2 atom stereocenters. The molecule has 1 aliphatic rings. The van der Waals surface area contributed by atoms with E-state index in [1.54, 1.807) is 0 Å². The molecule has 0 bridgehead atoms. The van der Waals surface area contributed by atoms with Gasteiger partial charge >= 0.3 is 11.9 Å². The Kier molecular flexibility index (Phi) is 9.05. The van der Waals surface area contributed by atoms with Gasteiger partial charge in [-0.05, 0) is 26.0 Å². The molecule has 0 aliphatic heterocycles. The highest BCUT2D eigenvalue weighted by atomic mass is 16.5. The van der Waals surface area contributed by atoms with Crippen molar-refractivity contribution in [2.45, 2.75) is 25.9 Å². The summed E-state index contributed by atoms with van der Waals surface area (Å²) in [7, 11) is 2.47. The van der Waals surface area contributed by atoms with Crippen molar-refractivity contribution in [2.75, 3.05) is 37.9 Å². The number of nitrogens with one attached hydrogen (secondary N) is 4. The molecule has 0 radical (unpaired) electrons. The Morgan fingerprint density at radius 2 is 1.05 bits per heavy atom. The van der Waals surface area contributed by atoms with Crippen LogP contribution in [0.1, 0.15) is 45.7 Å². The maximum atomic E-state index is 13.5. The van der Waals surface area contributed by atoms with Crippen LogP contribution in [0.5, 0.6) is 0 Å². The third-order valence-corrected chi connectivity index (χ3v) is 5.87. The minimum absolute atomic E-state index is 0.0245. The quantitative estimate of drug-likeness (QED) is 0.276. The van der Waals surface area contributed by atoms with E-state index in [1.165, 1.54) is 64.5 Å². The van der Waals surface area contributed by atoms with Gasteiger partial charge in [-0.25, -0.2) is 0 Å². The maximum Gasteiger partial charge on any atom is 0.322 e. The summed E-state index contributed by atoms with van der Waals surface area (Å²) >= 11 is 0. The van der Waals surface area contributed by atoms with Gasteiger partial charge in [0.05, 0.1) is 49.8 Å². The Morgan fingerprint density at radius 3 is 1.39 bits per heavy atom. The molecule has 0 spiro atoms. The molecule has 0 unspecified atom stereocenters. The Morgan fingerprint density at radius 1 is 0.684 bits per heavy atom. The van der Waals surface area contributed by atoms with Gasteiger partial charge in [-0.1, -0.05) is 24.3 Å². The number of carbonyl (C=O) groups excluding carboxylic acids is 6. The lowest BCUT2D eigenvalue weighted by Crippen LogP contribution is -2.40. The number of esters is 2. The first-order valence-electron chi connectivity index (χ1n) is 11.7. The van der Waals surface area contributed by atoms with Crippen LogP contribution in [0.4, 0.5) is 11.4 Å². The topological polar surface area (TPSA) is 169 Å². The highest BCUT2D eigenvalue weighted by Crippen LogP contribution is 2.35. The van der Waals surface area contributed by atoms with Crippen molar-refractivity contribution in [3.8, 4) is 0 Å². The lowest BCUT2D eigenvalue weighted by atomic mass is 9.82. The van der Waals surface area contributed by atoms with Gasteiger partial charge in [-0.15, -0.1) is 0 Å². The molecule has 0 heterocycles. The van der Waals surface area contributed by atoms with E-state index >= 15 is 0 Å². The number of ketones is 2. The number of methoxy groups -OCH3 is 2.